The number of hydrogen-bond acceptors (Lipinski definition) is 3. The van der Waals surface area contributed by atoms with Crippen LogP contribution in [-0.4, -0.2) is 43.4 Å². The summed E-state index contributed by atoms with van der Waals surface area (Å²) in [7, 11) is 1.59. The molecular formula is C12H24N2O4. The zero-order valence-electron chi connectivity index (χ0n) is 11.4. The summed E-state index contributed by atoms with van der Waals surface area (Å²) < 4.78 is 4.97. The molecule has 0 radical (unpaired) electrons. The summed E-state index contributed by atoms with van der Waals surface area (Å²) in [5.41, 5.74) is 0. The normalized spacial score (nSPS) is 13.7. The fourth-order valence-electron chi connectivity index (χ4n) is 1.54. The molecule has 0 aromatic heterocycles. The van der Waals surface area contributed by atoms with E-state index in [1.54, 1.807) is 7.11 Å². The van der Waals surface area contributed by atoms with Gasteiger partial charge in [-0.25, -0.2) is 4.79 Å². The third-order valence-electron chi connectivity index (χ3n) is 2.79. The molecule has 18 heavy (non-hydrogen) atoms. The zero-order valence-corrected chi connectivity index (χ0v) is 11.4. The molecule has 0 rings (SSSR count). The molecule has 0 aliphatic carbocycles. The Bertz CT molecular complexity index is 258. The number of nitrogens with one attached hydrogen (secondary N) is 2. The van der Waals surface area contributed by atoms with E-state index in [1.807, 2.05) is 13.8 Å². The Hall–Kier alpha value is -1.30. The van der Waals surface area contributed by atoms with Crippen LogP contribution >= 0.6 is 0 Å². The molecule has 0 aliphatic heterocycles. The number of carboxylic acid groups (broad SMARTS) is 1. The molecule has 106 valence electrons. The highest BCUT2D eigenvalue weighted by atomic mass is 16.5. The van der Waals surface area contributed by atoms with Gasteiger partial charge in [0.15, 0.2) is 0 Å². The highest BCUT2D eigenvalue weighted by Gasteiger charge is 2.14. The van der Waals surface area contributed by atoms with Gasteiger partial charge in [-0.2, -0.15) is 0 Å². The van der Waals surface area contributed by atoms with E-state index in [0.717, 1.165) is 12.8 Å². The number of rotatable bonds is 9. The van der Waals surface area contributed by atoms with E-state index in [0.29, 0.717) is 13.2 Å². The monoisotopic (exact) mass is 260 g/mol. The van der Waals surface area contributed by atoms with Gasteiger partial charge in [-0.15, -0.1) is 0 Å². The number of amides is 2. The van der Waals surface area contributed by atoms with Crippen molar-refractivity contribution in [2.45, 2.75) is 39.2 Å². The van der Waals surface area contributed by atoms with Gasteiger partial charge >= 0.3 is 12.0 Å². The molecule has 0 fully saturated rings. The summed E-state index contributed by atoms with van der Waals surface area (Å²) in [5.74, 6) is -0.870. The molecule has 6 heteroatoms. The van der Waals surface area contributed by atoms with E-state index in [9.17, 15) is 9.59 Å². The summed E-state index contributed by atoms with van der Waals surface area (Å²) in [6.07, 6.45) is 1.58. The summed E-state index contributed by atoms with van der Waals surface area (Å²) in [6, 6.07) is -0.294. The van der Waals surface area contributed by atoms with Gasteiger partial charge in [0.1, 0.15) is 0 Å². The van der Waals surface area contributed by atoms with Crippen LogP contribution in [0, 0.1) is 5.92 Å². The van der Waals surface area contributed by atoms with E-state index < -0.39 is 5.97 Å². The van der Waals surface area contributed by atoms with E-state index in [2.05, 4.69) is 10.6 Å². The van der Waals surface area contributed by atoms with Crippen LogP contribution in [0.2, 0.25) is 0 Å². The molecular weight excluding hydrogens is 236 g/mol. The van der Waals surface area contributed by atoms with Crippen LogP contribution in [0.5, 0.6) is 0 Å². The Balaban J connectivity index is 3.96. The molecule has 0 saturated carbocycles. The Morgan fingerprint density at radius 3 is 2.39 bits per heavy atom. The second-order valence-corrected chi connectivity index (χ2v) is 4.29. The molecule has 2 atom stereocenters. The van der Waals surface area contributed by atoms with Crippen molar-refractivity contribution in [3.05, 3.63) is 0 Å². The molecule has 2 unspecified atom stereocenters. The van der Waals surface area contributed by atoms with Gasteiger partial charge in [0.05, 0.1) is 12.6 Å². The molecule has 3 N–H and O–H groups in total. The second-order valence-electron chi connectivity index (χ2n) is 4.29. The van der Waals surface area contributed by atoms with Crippen molar-refractivity contribution < 1.29 is 19.4 Å². The number of aliphatic carboxylic acids is 1. The van der Waals surface area contributed by atoms with Gasteiger partial charge < -0.3 is 20.5 Å². The molecule has 6 nitrogen and oxygen atoms in total. The van der Waals surface area contributed by atoms with Crippen molar-refractivity contribution in [3.8, 4) is 0 Å². The van der Waals surface area contributed by atoms with E-state index >= 15 is 0 Å². The lowest BCUT2D eigenvalue weighted by atomic mass is 10.0. The minimum absolute atomic E-state index is 0.0189. The molecule has 0 aromatic rings. The SMILES string of the molecule is CCC(CNC(=O)NC(CC)COC)CC(=O)O. The van der Waals surface area contributed by atoms with Crippen LogP contribution in [0.4, 0.5) is 4.79 Å². The Morgan fingerprint density at radius 1 is 1.28 bits per heavy atom. The number of hydrogen-bond donors (Lipinski definition) is 3. The van der Waals surface area contributed by atoms with E-state index in [-0.39, 0.29) is 24.4 Å². The van der Waals surface area contributed by atoms with Gasteiger partial charge in [-0.1, -0.05) is 20.3 Å². The molecule has 0 saturated heterocycles. The van der Waals surface area contributed by atoms with Crippen LogP contribution < -0.4 is 10.6 Å². The maximum Gasteiger partial charge on any atom is 0.315 e. The first kappa shape index (κ1) is 16.7. The van der Waals surface area contributed by atoms with Crippen molar-refractivity contribution in [2.24, 2.45) is 5.92 Å². The number of carboxylic acids is 1. The standard InChI is InChI=1S/C12H24N2O4/c1-4-9(6-11(15)16)7-13-12(17)14-10(5-2)8-18-3/h9-10H,4-8H2,1-3H3,(H,15,16)(H2,13,14,17). The molecule has 0 aromatic carbocycles. The molecule has 2 amide bonds. The lowest BCUT2D eigenvalue weighted by molar-refractivity contribution is -0.138. The third-order valence-corrected chi connectivity index (χ3v) is 2.79. The van der Waals surface area contributed by atoms with Crippen LogP contribution in [0.25, 0.3) is 0 Å². The van der Waals surface area contributed by atoms with Crippen molar-refractivity contribution >= 4 is 12.0 Å². The highest BCUT2D eigenvalue weighted by molar-refractivity contribution is 5.74. The molecule has 0 bridgehead atoms. The van der Waals surface area contributed by atoms with Crippen LogP contribution in [0.15, 0.2) is 0 Å². The number of urea groups is 1. The fourth-order valence-corrected chi connectivity index (χ4v) is 1.54. The quantitative estimate of drug-likeness (QED) is 0.581. The lowest BCUT2D eigenvalue weighted by Gasteiger charge is -2.18. The Labute approximate surface area is 108 Å². The smallest absolute Gasteiger partial charge is 0.315 e. The minimum atomic E-state index is -0.838. The van der Waals surface area contributed by atoms with Gasteiger partial charge in [0.25, 0.3) is 0 Å². The summed E-state index contributed by atoms with van der Waals surface area (Å²) in [5, 5.41) is 14.2. The average molecular weight is 260 g/mol. The van der Waals surface area contributed by atoms with E-state index in [1.165, 1.54) is 0 Å². The first-order valence-corrected chi connectivity index (χ1v) is 6.28. The molecule has 0 aliphatic rings. The van der Waals surface area contributed by atoms with Crippen LogP contribution in [0.1, 0.15) is 33.1 Å². The zero-order chi connectivity index (χ0) is 14.0. The third kappa shape index (κ3) is 7.89. The maximum atomic E-state index is 11.6. The molecule has 0 spiro atoms. The Kier molecular flexibility index (Phi) is 9.00. The maximum absolute atomic E-state index is 11.6. The first-order valence-electron chi connectivity index (χ1n) is 6.28. The van der Waals surface area contributed by atoms with Crippen molar-refractivity contribution in [1.82, 2.24) is 10.6 Å². The lowest BCUT2D eigenvalue weighted by Crippen LogP contribution is -2.45. The minimum Gasteiger partial charge on any atom is -0.481 e. The van der Waals surface area contributed by atoms with Crippen molar-refractivity contribution in [1.29, 1.82) is 0 Å². The van der Waals surface area contributed by atoms with Gasteiger partial charge in [0.2, 0.25) is 0 Å². The Morgan fingerprint density at radius 2 is 1.94 bits per heavy atom. The fraction of sp³-hybridized carbons (Fsp3) is 0.833. The van der Waals surface area contributed by atoms with Gasteiger partial charge in [-0.3, -0.25) is 4.79 Å². The van der Waals surface area contributed by atoms with Gasteiger partial charge in [-0.05, 0) is 12.3 Å². The largest absolute Gasteiger partial charge is 0.481 e. The topological polar surface area (TPSA) is 87.7 Å². The summed E-state index contributed by atoms with van der Waals surface area (Å²) in [6.45, 7) is 4.71. The number of methoxy groups -OCH3 is 1. The number of ether oxygens (including phenoxy) is 1. The van der Waals surface area contributed by atoms with Crippen molar-refractivity contribution in [3.63, 3.8) is 0 Å². The van der Waals surface area contributed by atoms with Gasteiger partial charge in [0, 0.05) is 20.1 Å². The molecule has 0 heterocycles. The highest BCUT2D eigenvalue weighted by Crippen LogP contribution is 2.06. The van der Waals surface area contributed by atoms with Crippen LogP contribution in [0.3, 0.4) is 0 Å². The number of carbonyl (C=O) groups excluding carboxylic acids is 1. The average Bonchev–Trinajstić information content (AvgIpc) is 2.33. The first-order chi connectivity index (χ1) is 8.53. The summed E-state index contributed by atoms with van der Waals surface area (Å²) >= 11 is 0. The predicted molar refractivity (Wildman–Crippen MR) is 68.5 cm³/mol. The summed E-state index contributed by atoms with van der Waals surface area (Å²) in [4.78, 5) is 22.1. The second kappa shape index (κ2) is 9.70. The predicted octanol–water partition coefficient (Wildman–Crippen LogP) is 1.21. The number of carbonyl (C=O) groups is 2. The van der Waals surface area contributed by atoms with E-state index in [4.69, 9.17) is 9.84 Å². The van der Waals surface area contributed by atoms with Crippen molar-refractivity contribution in [2.75, 3.05) is 20.3 Å². The van der Waals surface area contributed by atoms with Crippen LogP contribution in [-0.2, 0) is 9.53 Å².